The Morgan fingerprint density at radius 3 is 2.10 bits per heavy atom. The molecule has 0 saturated heterocycles. The van der Waals surface area contributed by atoms with E-state index in [2.05, 4.69) is 33.0 Å². The van der Waals surface area contributed by atoms with E-state index in [1.54, 1.807) is 0 Å². The second kappa shape index (κ2) is 8.04. The average molecular weight is 309 g/mol. The first-order valence-corrected chi connectivity index (χ1v) is 8.48. The van der Waals surface area contributed by atoms with E-state index in [-0.39, 0.29) is 23.2 Å². The lowest BCUT2D eigenvalue weighted by Crippen LogP contribution is -2.20. The number of carbonyl (C=O) groups excluding carboxylic acids is 1. The van der Waals surface area contributed by atoms with Gasteiger partial charge in [0.25, 0.3) is 11.9 Å². The lowest BCUT2D eigenvalue weighted by atomic mass is 10.3. The lowest BCUT2D eigenvalue weighted by Gasteiger charge is -2.27. The molecule has 1 aromatic carbocycles. The maximum atomic E-state index is 12.6. The Labute approximate surface area is 128 Å². The number of amides is 1. The van der Waals surface area contributed by atoms with Crippen molar-refractivity contribution in [3.05, 3.63) is 41.6 Å². The maximum absolute atomic E-state index is 12.6. The van der Waals surface area contributed by atoms with Gasteiger partial charge in [0.05, 0.1) is 7.11 Å². The van der Waals surface area contributed by atoms with Crippen LogP contribution < -0.4 is 5.32 Å². The fraction of sp³-hybridized carbons (Fsp3) is 0.438. The van der Waals surface area contributed by atoms with E-state index >= 15 is 0 Å². The first-order chi connectivity index (χ1) is 9.88. The number of benzene rings is 1. The van der Waals surface area contributed by atoms with Crippen LogP contribution in [0.3, 0.4) is 0 Å². The summed E-state index contributed by atoms with van der Waals surface area (Å²) in [7, 11) is 0.544. The number of aliphatic hydroxyl groups is 1. The highest BCUT2D eigenvalue weighted by Gasteiger charge is 2.30. The Bertz CT molecular complexity index is 490. The smallest absolute Gasteiger partial charge is 0.290 e. The first-order valence-electron chi connectivity index (χ1n) is 7.00. The van der Waals surface area contributed by atoms with E-state index in [9.17, 15) is 9.90 Å². The third kappa shape index (κ3) is 4.75. The Hall–Kier alpha value is -1.54. The van der Waals surface area contributed by atoms with Gasteiger partial charge in [-0.05, 0) is 23.5 Å². The van der Waals surface area contributed by atoms with Gasteiger partial charge in [0.2, 0.25) is 0 Å². The van der Waals surface area contributed by atoms with E-state index in [4.69, 9.17) is 4.74 Å². The number of hydrogen-bond donors (Lipinski definition) is 2. The molecule has 1 amide bonds. The van der Waals surface area contributed by atoms with Crippen molar-refractivity contribution in [2.24, 2.45) is 0 Å². The van der Waals surface area contributed by atoms with Crippen LogP contribution in [-0.2, 0) is 9.53 Å². The SMILES string of the molecule is CO/C(O)=C(\C(=O)Nc1ccccc1)P(C(C)C)C(C)C. The number of hydrogen-bond acceptors (Lipinski definition) is 3. The van der Waals surface area contributed by atoms with Crippen LogP contribution in [0.2, 0.25) is 0 Å². The number of para-hydroxylation sites is 1. The summed E-state index contributed by atoms with van der Waals surface area (Å²) in [6, 6.07) is 9.21. The number of ether oxygens (including phenoxy) is 1. The second-order valence-corrected chi connectivity index (χ2v) is 8.60. The molecule has 0 spiro atoms. The first kappa shape index (κ1) is 17.5. The number of nitrogens with one attached hydrogen (secondary N) is 1. The van der Waals surface area contributed by atoms with Gasteiger partial charge in [-0.15, -0.1) is 0 Å². The van der Waals surface area contributed by atoms with Crippen LogP contribution in [0.15, 0.2) is 41.6 Å². The zero-order valence-electron chi connectivity index (χ0n) is 13.3. The largest absolute Gasteiger partial charge is 0.480 e. The van der Waals surface area contributed by atoms with Gasteiger partial charge in [0, 0.05) is 5.69 Å². The fourth-order valence-corrected chi connectivity index (χ4v) is 5.07. The molecule has 0 aliphatic heterocycles. The van der Waals surface area contributed by atoms with Crippen LogP contribution in [0.5, 0.6) is 0 Å². The van der Waals surface area contributed by atoms with Crippen molar-refractivity contribution < 1.29 is 14.6 Å². The van der Waals surface area contributed by atoms with Crippen molar-refractivity contribution >= 4 is 19.5 Å². The minimum atomic E-state index is -0.830. The summed E-state index contributed by atoms with van der Waals surface area (Å²) < 4.78 is 4.94. The van der Waals surface area contributed by atoms with E-state index in [0.717, 1.165) is 0 Å². The summed E-state index contributed by atoms with van der Waals surface area (Å²) in [6.07, 6.45) is 0. The molecule has 5 heteroatoms. The predicted molar refractivity (Wildman–Crippen MR) is 88.9 cm³/mol. The molecule has 2 N–H and O–H groups in total. The van der Waals surface area contributed by atoms with Gasteiger partial charge in [-0.2, -0.15) is 0 Å². The predicted octanol–water partition coefficient (Wildman–Crippen LogP) is 4.30. The molecular formula is C16H24NO3P. The molecule has 116 valence electrons. The quantitative estimate of drug-likeness (QED) is 0.468. The molecule has 0 aliphatic rings. The van der Waals surface area contributed by atoms with Crippen LogP contribution in [0.25, 0.3) is 0 Å². The topological polar surface area (TPSA) is 58.6 Å². The van der Waals surface area contributed by atoms with E-state index in [1.807, 2.05) is 30.3 Å². The molecule has 0 bridgehead atoms. The highest BCUT2D eigenvalue weighted by Crippen LogP contribution is 2.54. The van der Waals surface area contributed by atoms with Gasteiger partial charge < -0.3 is 15.2 Å². The summed E-state index contributed by atoms with van der Waals surface area (Å²) in [4.78, 5) is 12.6. The Balaban J connectivity index is 3.12. The molecular weight excluding hydrogens is 285 g/mol. The minimum Gasteiger partial charge on any atom is -0.480 e. The Morgan fingerprint density at radius 2 is 1.67 bits per heavy atom. The second-order valence-electron chi connectivity index (χ2n) is 5.27. The maximum Gasteiger partial charge on any atom is 0.290 e. The van der Waals surface area contributed by atoms with Crippen molar-refractivity contribution in [1.29, 1.82) is 0 Å². The van der Waals surface area contributed by atoms with Gasteiger partial charge in [0.1, 0.15) is 5.31 Å². The standard InChI is InChI=1S/C16H24NO3P/c1-11(2)21(12(3)4)14(16(19)20-5)15(18)17-13-9-7-6-8-10-13/h6-12,19H,1-5H3,(H,17,18)/b16-14+. The fourth-order valence-electron chi connectivity index (χ4n) is 2.25. The highest BCUT2D eigenvalue weighted by molar-refractivity contribution is 7.64. The van der Waals surface area contributed by atoms with Gasteiger partial charge in [-0.1, -0.05) is 53.8 Å². The zero-order chi connectivity index (χ0) is 16.0. The van der Waals surface area contributed by atoms with Gasteiger partial charge >= 0.3 is 0 Å². The van der Waals surface area contributed by atoms with Crippen molar-refractivity contribution in [3.63, 3.8) is 0 Å². The van der Waals surface area contributed by atoms with Gasteiger partial charge in [0.15, 0.2) is 0 Å². The summed E-state index contributed by atoms with van der Waals surface area (Å²) in [5.74, 6) is -0.578. The molecule has 0 unspecified atom stereocenters. The van der Waals surface area contributed by atoms with Crippen LogP contribution in [-0.4, -0.2) is 29.4 Å². The van der Waals surface area contributed by atoms with Crippen molar-refractivity contribution in [2.75, 3.05) is 12.4 Å². The van der Waals surface area contributed by atoms with Crippen molar-refractivity contribution in [3.8, 4) is 0 Å². The lowest BCUT2D eigenvalue weighted by molar-refractivity contribution is -0.112. The zero-order valence-corrected chi connectivity index (χ0v) is 14.1. The van der Waals surface area contributed by atoms with Crippen LogP contribution in [0, 0.1) is 0 Å². The summed E-state index contributed by atoms with van der Waals surface area (Å²) in [5.41, 5.74) is 1.24. The normalized spacial score (nSPS) is 12.6. The van der Waals surface area contributed by atoms with Gasteiger partial charge in [-0.3, -0.25) is 4.79 Å². The van der Waals surface area contributed by atoms with E-state index < -0.39 is 7.92 Å². The molecule has 0 aromatic heterocycles. The third-order valence-electron chi connectivity index (χ3n) is 3.01. The van der Waals surface area contributed by atoms with Gasteiger partial charge in [-0.25, -0.2) is 0 Å². The molecule has 0 fully saturated rings. The number of rotatable bonds is 6. The summed E-state index contributed by atoms with van der Waals surface area (Å²) in [6.45, 7) is 8.24. The molecule has 1 aromatic rings. The van der Waals surface area contributed by atoms with Crippen LogP contribution in [0.1, 0.15) is 27.7 Å². The van der Waals surface area contributed by atoms with E-state index in [0.29, 0.717) is 11.0 Å². The molecule has 4 nitrogen and oxygen atoms in total. The third-order valence-corrected chi connectivity index (χ3v) is 6.15. The molecule has 0 heterocycles. The molecule has 0 atom stereocenters. The highest BCUT2D eigenvalue weighted by atomic mass is 31.1. The molecule has 0 saturated carbocycles. The molecule has 21 heavy (non-hydrogen) atoms. The minimum absolute atomic E-state index is 0.272. The molecule has 0 aliphatic carbocycles. The summed E-state index contributed by atoms with van der Waals surface area (Å²) >= 11 is 0. The van der Waals surface area contributed by atoms with Crippen molar-refractivity contribution in [1.82, 2.24) is 0 Å². The summed E-state index contributed by atoms with van der Waals surface area (Å²) in [5, 5.41) is 13.2. The van der Waals surface area contributed by atoms with Crippen LogP contribution in [0.4, 0.5) is 5.69 Å². The Kier molecular flexibility index (Phi) is 6.70. The number of anilines is 1. The number of methoxy groups -OCH3 is 1. The van der Waals surface area contributed by atoms with Crippen LogP contribution >= 0.6 is 7.92 Å². The molecule has 0 radical (unpaired) electrons. The monoisotopic (exact) mass is 309 g/mol. The number of aliphatic hydroxyl groups excluding tert-OH is 1. The average Bonchev–Trinajstić information content (AvgIpc) is 2.43. The molecule has 1 rings (SSSR count). The number of carbonyl (C=O) groups is 1. The Morgan fingerprint density at radius 1 is 1.14 bits per heavy atom. The van der Waals surface area contributed by atoms with Crippen molar-refractivity contribution in [2.45, 2.75) is 39.0 Å². The van der Waals surface area contributed by atoms with E-state index in [1.165, 1.54) is 7.11 Å².